The van der Waals surface area contributed by atoms with Crippen molar-refractivity contribution in [2.45, 2.75) is 64.3 Å². The number of carboxylic acid groups (broad SMARTS) is 1. The molecule has 28 heavy (non-hydrogen) atoms. The van der Waals surface area contributed by atoms with Crippen molar-refractivity contribution < 1.29 is 57.9 Å². The minimum absolute atomic E-state index is 0.597. The van der Waals surface area contributed by atoms with Crippen molar-refractivity contribution in [2.24, 2.45) is 0 Å². The van der Waals surface area contributed by atoms with E-state index in [0.29, 0.717) is 0 Å². The Bertz CT molecular complexity index is 644. The maximum atomic E-state index is 11.5. The van der Waals surface area contributed by atoms with E-state index in [4.69, 9.17) is 23.7 Å². The summed E-state index contributed by atoms with van der Waals surface area (Å²) in [7, 11) is 0. The molecule has 0 spiro atoms. The van der Waals surface area contributed by atoms with E-state index in [-0.39, 0.29) is 0 Å². The second-order valence-corrected chi connectivity index (χ2v) is 6.05. The van der Waals surface area contributed by atoms with Gasteiger partial charge in [-0.3, -0.25) is 19.2 Å². The van der Waals surface area contributed by atoms with Crippen LogP contribution in [0.15, 0.2) is 0 Å². The van der Waals surface area contributed by atoms with E-state index in [2.05, 4.69) is 0 Å². The molecular weight excluding hydrogens is 384 g/mol. The van der Waals surface area contributed by atoms with Crippen LogP contribution in [-0.4, -0.2) is 76.9 Å². The van der Waals surface area contributed by atoms with Gasteiger partial charge in [-0.05, 0) is 0 Å². The van der Waals surface area contributed by atoms with Gasteiger partial charge in [-0.15, -0.1) is 0 Å². The molecule has 2 N–H and O–H groups in total. The van der Waals surface area contributed by atoms with Gasteiger partial charge >= 0.3 is 29.8 Å². The Morgan fingerprint density at radius 1 is 1.00 bits per heavy atom. The van der Waals surface area contributed by atoms with Crippen molar-refractivity contribution in [2.75, 3.05) is 6.61 Å². The third kappa shape index (κ3) is 6.46. The molecule has 12 heteroatoms. The largest absolute Gasteiger partial charge is 0.477 e. The summed E-state index contributed by atoms with van der Waals surface area (Å²) < 4.78 is 25.0. The minimum atomic E-state index is -2.85. The number of carbonyl (C=O) groups is 5. The first-order chi connectivity index (χ1) is 12.9. The molecule has 0 amide bonds. The Balaban J connectivity index is 3.36. The molecule has 0 unspecified atom stereocenters. The van der Waals surface area contributed by atoms with E-state index >= 15 is 0 Å². The maximum absolute atomic E-state index is 11.5. The molecule has 0 bridgehead atoms. The fourth-order valence-electron chi connectivity index (χ4n) is 2.63. The minimum Gasteiger partial charge on any atom is -0.477 e. The average molecular weight is 406 g/mol. The number of aliphatic hydroxyl groups is 1. The highest BCUT2D eigenvalue weighted by Gasteiger charge is 2.56. The second kappa shape index (κ2) is 9.46. The van der Waals surface area contributed by atoms with E-state index in [0.717, 1.165) is 27.7 Å². The molecule has 1 heterocycles. The lowest BCUT2D eigenvalue weighted by Gasteiger charge is -2.44. The summed E-state index contributed by atoms with van der Waals surface area (Å²) in [5.41, 5.74) is 0. The van der Waals surface area contributed by atoms with Crippen LogP contribution >= 0.6 is 0 Å². The van der Waals surface area contributed by atoms with Crippen LogP contribution in [0.2, 0.25) is 0 Å². The standard InChI is InChI=1S/C16H22O12/c1-7(17)24-6-12(26-9(3)19)14-13(27-10(4)20)11(25-8(2)18)5-16(23,28-14)15(21)22/h11-14,23H,5-6H2,1-4H3,(H,21,22)/t11-,12-,13-,14-,16+/m1/s1. The van der Waals surface area contributed by atoms with Crippen molar-refractivity contribution in [1.82, 2.24) is 0 Å². The number of carbonyl (C=O) groups excluding carboxylic acids is 4. The number of ether oxygens (including phenoxy) is 5. The molecule has 0 radical (unpaired) electrons. The number of hydrogen-bond donors (Lipinski definition) is 2. The third-order valence-corrected chi connectivity index (χ3v) is 3.59. The van der Waals surface area contributed by atoms with Crippen LogP contribution in [0.1, 0.15) is 34.1 Å². The summed E-state index contributed by atoms with van der Waals surface area (Å²) in [6, 6.07) is 0. The van der Waals surface area contributed by atoms with Crippen LogP contribution in [0, 0.1) is 0 Å². The quantitative estimate of drug-likeness (QED) is 0.387. The Kier molecular flexibility index (Phi) is 7.88. The van der Waals surface area contributed by atoms with Gasteiger partial charge in [-0.2, -0.15) is 0 Å². The Hall–Kier alpha value is -2.73. The normalized spacial score (nSPS) is 27.8. The molecule has 1 saturated heterocycles. The number of hydrogen-bond acceptors (Lipinski definition) is 11. The smallest absolute Gasteiger partial charge is 0.364 e. The van der Waals surface area contributed by atoms with Crippen LogP contribution in [0.5, 0.6) is 0 Å². The van der Waals surface area contributed by atoms with Crippen molar-refractivity contribution in [3.05, 3.63) is 0 Å². The van der Waals surface area contributed by atoms with Crippen molar-refractivity contribution >= 4 is 29.8 Å². The van der Waals surface area contributed by atoms with Gasteiger partial charge in [0.15, 0.2) is 12.2 Å². The van der Waals surface area contributed by atoms with E-state index < -0.39 is 73.1 Å². The molecule has 12 nitrogen and oxygen atoms in total. The third-order valence-electron chi connectivity index (χ3n) is 3.59. The number of rotatable bonds is 7. The van der Waals surface area contributed by atoms with E-state index in [1.165, 1.54) is 0 Å². The van der Waals surface area contributed by atoms with Gasteiger partial charge in [0.05, 0.1) is 6.42 Å². The summed E-state index contributed by atoms with van der Waals surface area (Å²) in [4.78, 5) is 56.9. The molecule has 0 aromatic heterocycles. The second-order valence-electron chi connectivity index (χ2n) is 6.05. The summed E-state index contributed by atoms with van der Waals surface area (Å²) in [6.07, 6.45) is -6.78. The summed E-state index contributed by atoms with van der Waals surface area (Å²) in [5.74, 6) is -7.95. The van der Waals surface area contributed by atoms with Crippen molar-refractivity contribution in [3.8, 4) is 0 Å². The SMILES string of the molecule is CC(=O)OC[C@@H](OC(C)=O)[C@H]1O[C@](O)(C(=O)O)C[C@@H](OC(C)=O)[C@H]1OC(C)=O. The van der Waals surface area contributed by atoms with Crippen LogP contribution in [0.3, 0.4) is 0 Å². The number of carboxylic acids is 1. The monoisotopic (exact) mass is 406 g/mol. The highest BCUT2D eigenvalue weighted by atomic mass is 16.7. The Labute approximate surface area is 159 Å². The lowest BCUT2D eigenvalue weighted by Crippen LogP contribution is -2.64. The molecule has 0 aromatic rings. The molecule has 1 fully saturated rings. The van der Waals surface area contributed by atoms with Crippen LogP contribution in [0.4, 0.5) is 0 Å². The molecule has 1 rings (SSSR count). The van der Waals surface area contributed by atoms with Gasteiger partial charge in [0.25, 0.3) is 5.79 Å². The van der Waals surface area contributed by atoms with E-state index in [1.807, 2.05) is 0 Å². The van der Waals surface area contributed by atoms with Crippen LogP contribution < -0.4 is 0 Å². The fourth-order valence-corrected chi connectivity index (χ4v) is 2.63. The highest BCUT2D eigenvalue weighted by Crippen LogP contribution is 2.34. The highest BCUT2D eigenvalue weighted by molar-refractivity contribution is 5.76. The first-order valence-electron chi connectivity index (χ1n) is 8.14. The van der Waals surface area contributed by atoms with E-state index in [1.54, 1.807) is 0 Å². The van der Waals surface area contributed by atoms with Crippen molar-refractivity contribution in [1.29, 1.82) is 0 Å². The number of aliphatic carboxylic acids is 1. The lowest BCUT2D eigenvalue weighted by atomic mass is 9.92. The van der Waals surface area contributed by atoms with Crippen LogP contribution in [-0.2, 0) is 47.7 Å². The van der Waals surface area contributed by atoms with Gasteiger partial charge in [-0.25, -0.2) is 4.79 Å². The summed E-state index contributed by atoms with van der Waals surface area (Å²) in [6.45, 7) is 3.56. The molecule has 0 aliphatic carbocycles. The van der Waals surface area contributed by atoms with Crippen LogP contribution in [0.25, 0.3) is 0 Å². The predicted molar refractivity (Wildman–Crippen MR) is 85.4 cm³/mol. The molecule has 0 aromatic carbocycles. The topological polar surface area (TPSA) is 172 Å². The zero-order valence-electron chi connectivity index (χ0n) is 15.7. The zero-order chi connectivity index (χ0) is 21.6. The lowest BCUT2D eigenvalue weighted by molar-refractivity contribution is -0.312. The zero-order valence-corrected chi connectivity index (χ0v) is 15.7. The van der Waals surface area contributed by atoms with Gasteiger partial charge < -0.3 is 33.9 Å². The molecule has 5 atom stereocenters. The molecule has 158 valence electrons. The number of esters is 4. The van der Waals surface area contributed by atoms with Crippen molar-refractivity contribution in [3.63, 3.8) is 0 Å². The van der Waals surface area contributed by atoms with Gasteiger partial charge in [0.1, 0.15) is 18.8 Å². The average Bonchev–Trinajstić information content (AvgIpc) is 2.52. The Morgan fingerprint density at radius 3 is 2.00 bits per heavy atom. The van der Waals surface area contributed by atoms with E-state index in [9.17, 15) is 34.2 Å². The van der Waals surface area contributed by atoms with Gasteiger partial charge in [0.2, 0.25) is 0 Å². The van der Waals surface area contributed by atoms with Gasteiger partial charge in [0, 0.05) is 27.7 Å². The summed E-state index contributed by atoms with van der Waals surface area (Å²) in [5, 5.41) is 19.6. The van der Waals surface area contributed by atoms with Gasteiger partial charge in [-0.1, -0.05) is 0 Å². The summed E-state index contributed by atoms with van der Waals surface area (Å²) >= 11 is 0. The Morgan fingerprint density at radius 2 is 1.57 bits per heavy atom. The fraction of sp³-hybridized carbons (Fsp3) is 0.688. The molecule has 1 aliphatic rings. The molecule has 1 aliphatic heterocycles. The molecule has 0 saturated carbocycles. The molecular formula is C16H22O12. The first kappa shape index (κ1) is 23.3. The first-order valence-corrected chi connectivity index (χ1v) is 8.14. The predicted octanol–water partition coefficient (Wildman–Crippen LogP) is -1.09. The maximum Gasteiger partial charge on any atom is 0.364 e.